The third-order valence-corrected chi connectivity index (χ3v) is 2.68. The van der Waals surface area contributed by atoms with Crippen molar-refractivity contribution in [3.8, 4) is 5.75 Å². The van der Waals surface area contributed by atoms with Crippen LogP contribution in [0.5, 0.6) is 5.75 Å². The lowest BCUT2D eigenvalue weighted by molar-refractivity contribution is -0.116. The lowest BCUT2D eigenvalue weighted by Gasteiger charge is -2.08. The zero-order valence-electron chi connectivity index (χ0n) is 9.41. The third-order valence-electron chi connectivity index (χ3n) is 2.68. The van der Waals surface area contributed by atoms with E-state index >= 15 is 0 Å². The van der Waals surface area contributed by atoms with Gasteiger partial charge in [0.1, 0.15) is 5.75 Å². The van der Waals surface area contributed by atoms with Gasteiger partial charge in [-0.05, 0) is 30.2 Å². The van der Waals surface area contributed by atoms with Crippen molar-refractivity contribution in [1.29, 1.82) is 0 Å². The average molecular weight is 226 g/mol. The van der Waals surface area contributed by atoms with Crippen LogP contribution >= 0.6 is 0 Å². The molecule has 2 nitrogen and oxygen atoms in total. The van der Waals surface area contributed by atoms with Crippen molar-refractivity contribution < 1.29 is 9.90 Å². The molecule has 1 aliphatic rings. The second kappa shape index (κ2) is 5.30. The first-order chi connectivity index (χ1) is 8.25. The minimum absolute atomic E-state index is 0.0339. The number of phenols is 1. The number of aromatic hydroxyl groups is 1. The van der Waals surface area contributed by atoms with Crippen LogP contribution in [0.25, 0.3) is 6.08 Å². The number of hydrogen-bond donors (Lipinski definition) is 1. The summed E-state index contributed by atoms with van der Waals surface area (Å²) in [5, 5.41) is 9.13. The Morgan fingerprint density at radius 2 is 2.00 bits per heavy atom. The van der Waals surface area contributed by atoms with Crippen LogP contribution in [0.2, 0.25) is 0 Å². The summed E-state index contributed by atoms with van der Waals surface area (Å²) in [5.41, 5.74) is 0.909. The van der Waals surface area contributed by atoms with E-state index in [0.717, 1.165) is 12.0 Å². The molecule has 0 bridgehead atoms. The summed E-state index contributed by atoms with van der Waals surface area (Å²) in [4.78, 5) is 11.8. The van der Waals surface area contributed by atoms with E-state index in [1.165, 1.54) is 0 Å². The lowest BCUT2D eigenvalue weighted by Crippen LogP contribution is -2.09. The molecule has 1 aliphatic carbocycles. The van der Waals surface area contributed by atoms with Crippen molar-refractivity contribution >= 4 is 11.9 Å². The van der Waals surface area contributed by atoms with Gasteiger partial charge in [0.2, 0.25) is 0 Å². The van der Waals surface area contributed by atoms with Crippen molar-refractivity contribution in [2.24, 2.45) is 5.92 Å². The second-order valence-electron chi connectivity index (χ2n) is 3.98. The monoisotopic (exact) mass is 226 g/mol. The highest BCUT2D eigenvalue weighted by molar-refractivity contribution is 5.96. The molecule has 0 saturated heterocycles. The summed E-state index contributed by atoms with van der Waals surface area (Å²) in [6, 6.07) is 6.76. The number of rotatable bonds is 3. The van der Waals surface area contributed by atoms with Crippen molar-refractivity contribution in [3.05, 3.63) is 60.2 Å². The highest BCUT2D eigenvalue weighted by Gasteiger charge is 2.11. The number of allylic oxidation sites excluding steroid dienone is 5. The van der Waals surface area contributed by atoms with E-state index in [1.807, 2.05) is 24.3 Å². The molecule has 0 fully saturated rings. The van der Waals surface area contributed by atoms with Crippen molar-refractivity contribution in [3.63, 3.8) is 0 Å². The Hall–Kier alpha value is -2.09. The smallest absolute Gasteiger partial charge is 0.162 e. The lowest BCUT2D eigenvalue weighted by atomic mass is 9.95. The van der Waals surface area contributed by atoms with Crippen LogP contribution in [0.1, 0.15) is 12.0 Å². The van der Waals surface area contributed by atoms with Gasteiger partial charge >= 0.3 is 0 Å². The van der Waals surface area contributed by atoms with Crippen LogP contribution in [0.3, 0.4) is 0 Å². The predicted octanol–water partition coefficient (Wildman–Crippen LogP) is 3.11. The number of phenolic OH excluding ortho intramolecular Hbond substituents is 1. The summed E-state index contributed by atoms with van der Waals surface area (Å²) in [7, 11) is 0. The minimum Gasteiger partial charge on any atom is -0.508 e. The average Bonchev–Trinajstić information content (AvgIpc) is 2.39. The molecule has 0 aromatic heterocycles. The van der Waals surface area contributed by atoms with Gasteiger partial charge in [0, 0.05) is 5.92 Å². The highest BCUT2D eigenvalue weighted by Crippen LogP contribution is 2.15. The second-order valence-corrected chi connectivity index (χ2v) is 3.98. The van der Waals surface area contributed by atoms with Crippen LogP contribution < -0.4 is 0 Å². The normalized spacial score (nSPS) is 18.7. The van der Waals surface area contributed by atoms with Gasteiger partial charge in [-0.1, -0.05) is 42.5 Å². The molecule has 1 atom stereocenters. The number of benzene rings is 1. The van der Waals surface area contributed by atoms with E-state index in [2.05, 4.69) is 0 Å². The molecule has 1 aromatic rings. The minimum atomic E-state index is -0.0339. The molecular weight excluding hydrogens is 212 g/mol. The topological polar surface area (TPSA) is 37.3 Å². The standard InChI is InChI=1S/C15H14O2/c16-14-9-6-12(7-10-14)8-11-15(17)13-4-2-1-3-5-13/h1-4,6-11,13,16H,5H2. The van der Waals surface area contributed by atoms with Gasteiger partial charge in [-0.15, -0.1) is 0 Å². The van der Waals surface area contributed by atoms with Crippen LogP contribution in [0.4, 0.5) is 0 Å². The molecule has 1 aromatic carbocycles. The maximum atomic E-state index is 11.8. The van der Waals surface area contributed by atoms with Gasteiger partial charge in [0.25, 0.3) is 0 Å². The van der Waals surface area contributed by atoms with Crippen LogP contribution in [-0.4, -0.2) is 10.9 Å². The molecule has 0 amide bonds. The molecule has 0 spiro atoms. The molecule has 0 saturated carbocycles. The first-order valence-electron chi connectivity index (χ1n) is 5.60. The SMILES string of the molecule is O=C(C=Cc1ccc(O)cc1)C1C=CC=CC1. The van der Waals surface area contributed by atoms with E-state index in [9.17, 15) is 4.79 Å². The molecule has 17 heavy (non-hydrogen) atoms. The third kappa shape index (κ3) is 3.18. The maximum Gasteiger partial charge on any atom is 0.162 e. The Bertz CT molecular complexity index is 478. The van der Waals surface area contributed by atoms with E-state index in [1.54, 1.807) is 36.4 Å². The maximum absolute atomic E-state index is 11.8. The van der Waals surface area contributed by atoms with Crippen LogP contribution in [0.15, 0.2) is 54.6 Å². The van der Waals surface area contributed by atoms with E-state index in [0.29, 0.717) is 0 Å². The van der Waals surface area contributed by atoms with Gasteiger partial charge in [0.05, 0.1) is 0 Å². The van der Waals surface area contributed by atoms with E-state index in [4.69, 9.17) is 5.11 Å². The zero-order valence-corrected chi connectivity index (χ0v) is 9.41. The van der Waals surface area contributed by atoms with Crippen LogP contribution in [0, 0.1) is 5.92 Å². The quantitative estimate of drug-likeness (QED) is 0.804. The number of ketones is 1. The molecule has 2 heteroatoms. The summed E-state index contributed by atoms with van der Waals surface area (Å²) in [5.74, 6) is 0.306. The molecule has 0 radical (unpaired) electrons. The molecule has 2 rings (SSSR count). The van der Waals surface area contributed by atoms with Gasteiger partial charge in [-0.3, -0.25) is 4.79 Å². The molecular formula is C15H14O2. The summed E-state index contributed by atoms with van der Waals surface area (Å²) in [6.45, 7) is 0. The molecule has 1 N–H and O–H groups in total. The summed E-state index contributed by atoms with van der Waals surface area (Å²) < 4.78 is 0. The predicted molar refractivity (Wildman–Crippen MR) is 68.5 cm³/mol. The fourth-order valence-electron chi connectivity index (χ4n) is 1.68. The number of hydrogen-bond acceptors (Lipinski definition) is 2. The van der Waals surface area contributed by atoms with Gasteiger partial charge in [-0.25, -0.2) is 0 Å². The van der Waals surface area contributed by atoms with E-state index in [-0.39, 0.29) is 17.5 Å². The first-order valence-corrected chi connectivity index (χ1v) is 5.60. The molecule has 0 heterocycles. The largest absolute Gasteiger partial charge is 0.508 e. The number of carbonyl (C=O) groups excluding carboxylic acids is 1. The molecule has 1 unspecified atom stereocenters. The Kier molecular flexibility index (Phi) is 3.55. The van der Waals surface area contributed by atoms with Gasteiger partial charge in [-0.2, -0.15) is 0 Å². The molecule has 0 aliphatic heterocycles. The van der Waals surface area contributed by atoms with E-state index < -0.39 is 0 Å². The zero-order chi connectivity index (χ0) is 12.1. The molecule has 86 valence electrons. The van der Waals surface area contributed by atoms with Crippen molar-refractivity contribution in [2.45, 2.75) is 6.42 Å². The highest BCUT2D eigenvalue weighted by atomic mass is 16.3. The number of carbonyl (C=O) groups is 1. The fraction of sp³-hybridized carbons (Fsp3) is 0.133. The van der Waals surface area contributed by atoms with Gasteiger partial charge in [0.15, 0.2) is 5.78 Å². The summed E-state index contributed by atoms with van der Waals surface area (Å²) >= 11 is 0. The summed E-state index contributed by atoms with van der Waals surface area (Å²) in [6.07, 6.45) is 11.9. The Labute approximate surface area is 101 Å². The first kappa shape index (κ1) is 11.4. The van der Waals surface area contributed by atoms with Crippen LogP contribution in [-0.2, 0) is 4.79 Å². The Morgan fingerprint density at radius 1 is 1.24 bits per heavy atom. The Morgan fingerprint density at radius 3 is 2.65 bits per heavy atom. The van der Waals surface area contributed by atoms with Crippen molar-refractivity contribution in [1.82, 2.24) is 0 Å². The Balaban J connectivity index is 2.00. The van der Waals surface area contributed by atoms with Crippen molar-refractivity contribution in [2.75, 3.05) is 0 Å². The van der Waals surface area contributed by atoms with Gasteiger partial charge < -0.3 is 5.11 Å². The fourth-order valence-corrected chi connectivity index (χ4v) is 1.68.